The van der Waals surface area contributed by atoms with Crippen LogP contribution in [0.2, 0.25) is 0 Å². The molecular weight excluding hydrogens is 392 g/mol. The van der Waals surface area contributed by atoms with Gasteiger partial charge in [0.15, 0.2) is 6.29 Å². The van der Waals surface area contributed by atoms with E-state index in [0.29, 0.717) is 6.61 Å². The Labute approximate surface area is 179 Å². The van der Waals surface area contributed by atoms with Crippen LogP contribution >= 0.6 is 10.0 Å². The number of aliphatic hydroxyl groups is 4. The smallest absolute Gasteiger partial charge is 0.186 e. The van der Waals surface area contributed by atoms with Crippen molar-refractivity contribution in [2.75, 3.05) is 37.2 Å². The van der Waals surface area contributed by atoms with Crippen molar-refractivity contribution in [2.24, 2.45) is 0 Å². The third-order valence-corrected chi connectivity index (χ3v) is 8.48. The van der Waals surface area contributed by atoms with Gasteiger partial charge in [0.05, 0.1) is 13.2 Å². The lowest BCUT2D eigenvalue weighted by atomic mass is 9.99. The Morgan fingerprint density at radius 3 is 1.86 bits per heavy atom. The first kappa shape index (κ1) is 27.1. The summed E-state index contributed by atoms with van der Waals surface area (Å²) in [7, 11) is -0.774. The molecule has 5 atom stereocenters. The van der Waals surface area contributed by atoms with E-state index in [1.165, 1.54) is 70.0 Å². The average molecular weight is 439 g/mol. The maximum Gasteiger partial charge on any atom is 0.186 e. The lowest BCUT2D eigenvalue weighted by Gasteiger charge is -2.40. The number of hydrogen-bond acceptors (Lipinski definition) is 6. The molecule has 0 aromatic rings. The third-order valence-electron chi connectivity index (χ3n) is 5.82. The van der Waals surface area contributed by atoms with Crippen molar-refractivity contribution < 1.29 is 29.9 Å². The van der Waals surface area contributed by atoms with Gasteiger partial charge < -0.3 is 29.9 Å². The summed E-state index contributed by atoms with van der Waals surface area (Å²) in [6.07, 6.45) is 12.1. The molecule has 29 heavy (non-hydrogen) atoms. The van der Waals surface area contributed by atoms with Crippen LogP contribution in [0.25, 0.3) is 0 Å². The Morgan fingerprint density at radius 1 is 0.759 bits per heavy atom. The van der Waals surface area contributed by atoms with E-state index in [-0.39, 0.29) is 0 Å². The molecule has 1 rings (SSSR count). The second-order valence-electron chi connectivity index (χ2n) is 8.93. The molecule has 0 aromatic carbocycles. The summed E-state index contributed by atoms with van der Waals surface area (Å²) < 4.78 is 11.0. The summed E-state index contributed by atoms with van der Waals surface area (Å²) in [5, 5.41) is 38.9. The monoisotopic (exact) mass is 438 g/mol. The van der Waals surface area contributed by atoms with Crippen LogP contribution < -0.4 is 0 Å². The third kappa shape index (κ3) is 10.8. The van der Waals surface area contributed by atoms with E-state index in [9.17, 15) is 20.4 Å². The summed E-state index contributed by atoms with van der Waals surface area (Å²) in [6, 6.07) is 0. The minimum atomic E-state index is -1.38. The van der Waals surface area contributed by atoms with E-state index >= 15 is 0 Å². The molecule has 176 valence electrons. The quantitative estimate of drug-likeness (QED) is 0.277. The van der Waals surface area contributed by atoms with Gasteiger partial charge in [0.2, 0.25) is 0 Å². The van der Waals surface area contributed by atoms with E-state index in [0.717, 1.165) is 5.75 Å². The Kier molecular flexibility index (Phi) is 14.0. The fourth-order valence-corrected chi connectivity index (χ4v) is 5.41. The molecule has 1 aliphatic heterocycles. The van der Waals surface area contributed by atoms with Gasteiger partial charge in [-0.15, -0.1) is 0 Å². The van der Waals surface area contributed by atoms with Crippen LogP contribution in [0.4, 0.5) is 0 Å². The summed E-state index contributed by atoms with van der Waals surface area (Å²) in [6.45, 7) is 2.26. The van der Waals surface area contributed by atoms with E-state index in [1.54, 1.807) is 0 Å². The average Bonchev–Trinajstić information content (AvgIpc) is 2.69. The van der Waals surface area contributed by atoms with Crippen molar-refractivity contribution >= 4 is 10.0 Å². The van der Waals surface area contributed by atoms with Gasteiger partial charge >= 0.3 is 0 Å². The van der Waals surface area contributed by atoms with Crippen LogP contribution in [0, 0.1) is 0 Å². The number of aliphatic hydroxyl groups excluding tert-OH is 4. The second-order valence-corrected chi connectivity index (χ2v) is 13.3. The molecule has 5 unspecified atom stereocenters. The van der Waals surface area contributed by atoms with Crippen LogP contribution in [0.5, 0.6) is 0 Å². The molecule has 1 heterocycles. The zero-order chi connectivity index (χ0) is 21.7. The minimum Gasteiger partial charge on any atom is -0.394 e. The molecule has 6 nitrogen and oxygen atoms in total. The number of unbranched alkanes of at least 4 members (excludes halogenated alkanes) is 9. The van der Waals surface area contributed by atoms with Gasteiger partial charge in [0.1, 0.15) is 24.4 Å². The summed E-state index contributed by atoms with van der Waals surface area (Å²) in [5.74, 6) is 2.11. The summed E-state index contributed by atoms with van der Waals surface area (Å²) in [4.78, 5) is 0. The van der Waals surface area contributed by atoms with Gasteiger partial charge in [-0.05, 0) is 24.7 Å². The molecule has 4 N–H and O–H groups in total. The van der Waals surface area contributed by atoms with Crippen LogP contribution in [0.3, 0.4) is 0 Å². The van der Waals surface area contributed by atoms with Gasteiger partial charge in [-0.3, -0.25) is 0 Å². The van der Waals surface area contributed by atoms with E-state index < -0.39 is 47.3 Å². The number of rotatable bonds is 16. The first-order chi connectivity index (χ1) is 13.8. The van der Waals surface area contributed by atoms with Crippen molar-refractivity contribution in [3.63, 3.8) is 0 Å². The first-order valence-corrected chi connectivity index (χ1v) is 14.2. The second kappa shape index (κ2) is 15.0. The molecule has 0 aromatic heterocycles. The minimum absolute atomic E-state index is 0.430. The highest BCUT2D eigenvalue weighted by molar-refractivity contribution is 8.32. The first-order valence-electron chi connectivity index (χ1n) is 11.4. The maximum atomic E-state index is 10.0. The fourth-order valence-electron chi connectivity index (χ4n) is 3.68. The summed E-state index contributed by atoms with van der Waals surface area (Å²) >= 11 is 0. The number of ether oxygens (including phenoxy) is 2. The molecular formula is C22H46O6S. The molecule has 1 fully saturated rings. The largest absolute Gasteiger partial charge is 0.394 e. The molecule has 1 aliphatic rings. The van der Waals surface area contributed by atoms with Crippen molar-refractivity contribution in [2.45, 2.75) is 102 Å². The van der Waals surface area contributed by atoms with Crippen LogP contribution in [0.1, 0.15) is 71.1 Å². The lowest BCUT2D eigenvalue weighted by Crippen LogP contribution is -2.59. The van der Waals surface area contributed by atoms with E-state index in [2.05, 4.69) is 19.4 Å². The molecule has 0 radical (unpaired) electrons. The van der Waals surface area contributed by atoms with E-state index in [4.69, 9.17) is 9.47 Å². The SMILES string of the molecule is CCCCCCCCCCCCS(C)(C)CCOC1OC(CO)C(O)C(O)C1O. The van der Waals surface area contributed by atoms with Gasteiger partial charge in [-0.1, -0.05) is 64.7 Å². The summed E-state index contributed by atoms with van der Waals surface area (Å²) in [5.41, 5.74) is 0. The van der Waals surface area contributed by atoms with Gasteiger partial charge in [-0.2, -0.15) is 0 Å². The molecule has 0 aliphatic carbocycles. The topological polar surface area (TPSA) is 99.4 Å². The van der Waals surface area contributed by atoms with Crippen molar-refractivity contribution in [1.82, 2.24) is 0 Å². The normalized spacial score (nSPS) is 28.6. The molecule has 0 bridgehead atoms. The fraction of sp³-hybridized carbons (Fsp3) is 1.00. The van der Waals surface area contributed by atoms with Crippen LogP contribution in [0.15, 0.2) is 0 Å². The Balaban J connectivity index is 2.12. The zero-order valence-corrected chi connectivity index (χ0v) is 19.6. The molecule has 0 saturated carbocycles. The molecule has 0 spiro atoms. The zero-order valence-electron chi connectivity index (χ0n) is 18.8. The van der Waals surface area contributed by atoms with Crippen LogP contribution in [-0.2, 0) is 9.47 Å². The van der Waals surface area contributed by atoms with Crippen LogP contribution in [-0.4, -0.2) is 88.4 Å². The van der Waals surface area contributed by atoms with Gasteiger partial charge in [0.25, 0.3) is 0 Å². The van der Waals surface area contributed by atoms with Crippen molar-refractivity contribution in [3.8, 4) is 0 Å². The molecule has 0 amide bonds. The Bertz CT molecular complexity index is 407. The number of hydrogen-bond donors (Lipinski definition) is 4. The predicted molar refractivity (Wildman–Crippen MR) is 121 cm³/mol. The highest BCUT2D eigenvalue weighted by Crippen LogP contribution is 2.40. The van der Waals surface area contributed by atoms with E-state index in [1.807, 2.05) is 0 Å². The molecule has 7 heteroatoms. The maximum absolute atomic E-state index is 10.0. The highest BCUT2D eigenvalue weighted by atomic mass is 32.3. The predicted octanol–water partition coefficient (Wildman–Crippen LogP) is 2.79. The highest BCUT2D eigenvalue weighted by Gasteiger charge is 2.43. The lowest BCUT2D eigenvalue weighted by molar-refractivity contribution is -0.299. The van der Waals surface area contributed by atoms with Crippen molar-refractivity contribution in [3.05, 3.63) is 0 Å². The van der Waals surface area contributed by atoms with Gasteiger partial charge in [-0.25, -0.2) is 10.0 Å². The molecule has 1 saturated heterocycles. The van der Waals surface area contributed by atoms with Crippen molar-refractivity contribution in [1.29, 1.82) is 0 Å². The Morgan fingerprint density at radius 2 is 1.31 bits per heavy atom. The Hall–Kier alpha value is 0.110. The van der Waals surface area contributed by atoms with Gasteiger partial charge in [0, 0.05) is 5.75 Å². The standard InChI is InChI=1S/C22H46O6S/c1-4-5-6-7-8-9-10-11-12-13-15-29(2,3)16-14-27-22-21(26)20(25)19(24)18(17-23)28-22/h18-26H,4-17H2,1-3H3.